The number of nitrogens with two attached hydrogens (primary N) is 1. The number of phenolic OH excluding ortho intramolecular Hbond substituents is 1. The molecule has 0 spiro atoms. The predicted molar refractivity (Wildman–Crippen MR) is 50.2 cm³/mol. The van der Waals surface area contributed by atoms with Gasteiger partial charge in [-0.1, -0.05) is 19.1 Å². The van der Waals surface area contributed by atoms with Crippen LogP contribution in [0.1, 0.15) is 12.5 Å². The molecule has 73 valence electrons. The van der Waals surface area contributed by atoms with Crippen molar-refractivity contribution < 1.29 is 54.0 Å². The third-order valence-electron chi connectivity index (χ3n) is 1.96. The molecule has 4 heteroatoms. The number of primary amides is 1. The molecule has 0 aliphatic carbocycles. The van der Waals surface area contributed by atoms with Crippen LogP contribution < -0.4 is 5.73 Å². The Morgan fingerprint density at radius 1 is 1.43 bits per heavy atom. The maximum Gasteiger partial charge on any atom is 0.220 e. The molecule has 1 rings (SSSR count). The van der Waals surface area contributed by atoms with Crippen LogP contribution in [-0.2, 0) is 11.2 Å². The zero-order chi connectivity index (χ0) is 9.84. The fourth-order valence-corrected chi connectivity index (χ4v) is 1.09. The third-order valence-corrected chi connectivity index (χ3v) is 1.96. The molecular weight excluding hydrogens is 393 g/mol. The van der Waals surface area contributed by atoms with Crippen LogP contribution >= 0.6 is 0 Å². The zero-order valence-electron chi connectivity index (χ0n) is 8.10. The van der Waals surface area contributed by atoms with Gasteiger partial charge in [-0.3, -0.25) is 4.79 Å². The van der Waals surface area contributed by atoms with Crippen LogP contribution in [0.3, 0.4) is 0 Å². The molecule has 0 fully saturated rings. The van der Waals surface area contributed by atoms with Gasteiger partial charge >= 0.3 is 0 Å². The summed E-state index contributed by atoms with van der Waals surface area (Å²) in [5.41, 5.74) is 6.13. The molecule has 0 aliphatic rings. The van der Waals surface area contributed by atoms with Crippen molar-refractivity contribution in [1.82, 2.24) is 0 Å². The summed E-state index contributed by atoms with van der Waals surface area (Å²) in [4.78, 5) is 10.7. The van der Waals surface area contributed by atoms with Crippen molar-refractivity contribution in [2.75, 3.05) is 0 Å². The summed E-state index contributed by atoms with van der Waals surface area (Å²) in [7, 11) is 0. The van der Waals surface area contributed by atoms with Crippen molar-refractivity contribution in [3.05, 3.63) is 29.8 Å². The molecule has 3 nitrogen and oxygen atoms in total. The van der Waals surface area contributed by atoms with E-state index in [4.69, 9.17) is 10.8 Å². The largest absolute Gasteiger partial charge is 0.508 e. The molecule has 0 unspecified atom stereocenters. The Morgan fingerprint density at radius 3 is 2.36 bits per heavy atom. The number of hydrogen-bond donors (Lipinski definition) is 2. The van der Waals surface area contributed by atoms with Gasteiger partial charge in [0.15, 0.2) is 0 Å². The monoisotopic (exact) mass is 406 g/mol. The van der Waals surface area contributed by atoms with E-state index in [-0.39, 0.29) is 61.6 Å². The van der Waals surface area contributed by atoms with Gasteiger partial charge in [-0.05, 0) is 24.1 Å². The van der Waals surface area contributed by atoms with Gasteiger partial charge in [0, 0.05) is 50.0 Å². The van der Waals surface area contributed by atoms with Crippen molar-refractivity contribution in [3.63, 3.8) is 0 Å². The van der Waals surface area contributed by atoms with E-state index >= 15 is 0 Å². The van der Waals surface area contributed by atoms with Crippen molar-refractivity contribution in [3.8, 4) is 5.75 Å². The topological polar surface area (TPSA) is 63.3 Å². The molecule has 1 amide bonds. The van der Waals surface area contributed by atoms with Crippen molar-refractivity contribution in [1.29, 1.82) is 0 Å². The van der Waals surface area contributed by atoms with Crippen LogP contribution in [0.25, 0.3) is 0 Å². The number of carbonyl (C=O) groups excluding carboxylic acids is 1. The van der Waals surface area contributed by atoms with E-state index in [1.807, 2.05) is 0 Å². The first kappa shape index (κ1) is 13.9. The van der Waals surface area contributed by atoms with Gasteiger partial charge in [0.05, 0.1) is 0 Å². The molecule has 0 bridgehead atoms. The van der Waals surface area contributed by atoms with E-state index in [0.717, 1.165) is 5.56 Å². The zero-order valence-corrected chi connectivity index (χ0v) is 12.8. The number of rotatable bonds is 3. The minimum Gasteiger partial charge on any atom is -0.508 e. The SMILES string of the molecule is C[C@@H](Cc1ccc(O)cc1)C(N)=O.[Ac]. The standard InChI is InChI=1S/C10H13NO2.Ac/c1-7(10(11)13)6-8-2-4-9(12)5-3-8;/h2-5,7,12H,6H2,1H3,(H2,11,13);/t7-;/m0./s1. The maximum atomic E-state index is 10.7. The van der Waals surface area contributed by atoms with Crippen LogP contribution in [0.4, 0.5) is 0 Å². The van der Waals surface area contributed by atoms with Crippen molar-refractivity contribution in [2.45, 2.75) is 13.3 Å². The average Bonchev–Trinajstić information content (AvgIpc) is 2.08. The summed E-state index contributed by atoms with van der Waals surface area (Å²) in [6, 6.07) is 6.77. The van der Waals surface area contributed by atoms with Crippen LogP contribution in [0.15, 0.2) is 24.3 Å². The van der Waals surface area contributed by atoms with Crippen LogP contribution in [0.2, 0.25) is 0 Å². The van der Waals surface area contributed by atoms with Crippen LogP contribution in [0.5, 0.6) is 5.75 Å². The van der Waals surface area contributed by atoms with E-state index in [0.29, 0.717) is 6.42 Å². The minimum absolute atomic E-state index is 0. The molecule has 1 atom stereocenters. The normalized spacial score (nSPS) is 11.5. The van der Waals surface area contributed by atoms with E-state index in [1.54, 1.807) is 31.2 Å². The first-order valence-electron chi connectivity index (χ1n) is 4.17. The summed E-state index contributed by atoms with van der Waals surface area (Å²) in [6.45, 7) is 1.79. The summed E-state index contributed by atoms with van der Waals surface area (Å²) in [5.74, 6) is -0.229. The van der Waals surface area contributed by atoms with E-state index in [1.165, 1.54) is 0 Å². The van der Waals surface area contributed by atoms with Crippen molar-refractivity contribution >= 4 is 5.91 Å². The van der Waals surface area contributed by atoms with Gasteiger partial charge < -0.3 is 10.8 Å². The van der Waals surface area contributed by atoms with Crippen molar-refractivity contribution in [2.24, 2.45) is 11.7 Å². The Morgan fingerprint density at radius 2 is 1.93 bits per heavy atom. The predicted octanol–water partition coefficient (Wildman–Crippen LogP) is 1.06. The summed E-state index contributed by atoms with van der Waals surface area (Å²) in [6.07, 6.45) is 0.621. The summed E-state index contributed by atoms with van der Waals surface area (Å²) < 4.78 is 0. The first-order chi connectivity index (χ1) is 6.09. The van der Waals surface area contributed by atoms with Gasteiger partial charge in [0.1, 0.15) is 5.75 Å². The molecule has 1 aromatic rings. The van der Waals surface area contributed by atoms with E-state index < -0.39 is 0 Å². The Kier molecular flexibility index (Phi) is 6.39. The molecule has 1 aromatic carbocycles. The fourth-order valence-electron chi connectivity index (χ4n) is 1.09. The number of aromatic hydroxyl groups is 1. The quantitative estimate of drug-likeness (QED) is 0.789. The summed E-state index contributed by atoms with van der Waals surface area (Å²) >= 11 is 0. The Bertz CT molecular complexity index is 297. The van der Waals surface area contributed by atoms with E-state index in [2.05, 4.69) is 0 Å². The second-order valence-corrected chi connectivity index (χ2v) is 3.17. The van der Waals surface area contributed by atoms with Gasteiger partial charge in [-0.25, -0.2) is 0 Å². The van der Waals surface area contributed by atoms with Crippen LogP contribution in [-0.4, -0.2) is 11.0 Å². The molecule has 0 saturated heterocycles. The number of amides is 1. The maximum absolute atomic E-state index is 10.7. The molecule has 1 radical (unpaired) electrons. The Balaban J connectivity index is 0.00000169. The molecule has 0 aliphatic heterocycles. The molecule has 0 heterocycles. The average molecular weight is 406 g/mol. The molecule has 14 heavy (non-hydrogen) atoms. The van der Waals surface area contributed by atoms with Gasteiger partial charge in [0.25, 0.3) is 0 Å². The third kappa shape index (κ3) is 4.43. The number of benzene rings is 1. The molecular formula is C10H13AcNO2. The van der Waals surface area contributed by atoms with E-state index in [9.17, 15) is 4.79 Å². The van der Waals surface area contributed by atoms with Gasteiger partial charge in [0.2, 0.25) is 5.91 Å². The molecule has 3 N–H and O–H groups in total. The molecule has 0 saturated carbocycles. The van der Waals surface area contributed by atoms with Gasteiger partial charge in [-0.2, -0.15) is 0 Å². The molecule has 0 aromatic heterocycles. The summed E-state index contributed by atoms with van der Waals surface area (Å²) in [5, 5.41) is 9.01. The second-order valence-electron chi connectivity index (χ2n) is 3.17. The second kappa shape index (κ2) is 6.42. The number of carbonyl (C=O) groups is 1. The Labute approximate surface area is 119 Å². The first-order valence-corrected chi connectivity index (χ1v) is 4.17. The number of phenols is 1. The fraction of sp³-hybridized carbons (Fsp3) is 0.300. The van der Waals surface area contributed by atoms with Crippen LogP contribution in [0, 0.1) is 50.0 Å². The minimum atomic E-state index is -0.298. The van der Waals surface area contributed by atoms with Gasteiger partial charge in [-0.15, -0.1) is 0 Å². The Hall–Kier alpha value is -0.0684. The number of hydrogen-bond acceptors (Lipinski definition) is 2. The smallest absolute Gasteiger partial charge is 0.220 e.